The number of hydrogen-bond acceptors (Lipinski definition) is 7. The molecule has 0 saturated carbocycles. The quantitative estimate of drug-likeness (QED) is 0.142. The summed E-state index contributed by atoms with van der Waals surface area (Å²) in [6, 6.07) is 16.1. The van der Waals surface area contributed by atoms with Crippen molar-refractivity contribution in [2.45, 2.75) is 25.2 Å². The van der Waals surface area contributed by atoms with Crippen LogP contribution in [0.1, 0.15) is 29.8 Å². The highest BCUT2D eigenvalue weighted by Crippen LogP contribution is 2.42. The summed E-state index contributed by atoms with van der Waals surface area (Å²) in [6.45, 7) is 3.89. The lowest BCUT2D eigenvalue weighted by molar-refractivity contribution is 0.102. The van der Waals surface area contributed by atoms with E-state index in [1.165, 1.54) is 18.2 Å². The Labute approximate surface area is 234 Å². The average Bonchev–Trinajstić information content (AvgIpc) is 2.89. The molecule has 0 heterocycles. The number of carbonyl (C=O) groups excluding carboxylic acids is 1. The van der Waals surface area contributed by atoms with Crippen LogP contribution < -0.4 is 10.1 Å². The first-order valence-electron chi connectivity index (χ1n) is 11.7. The number of nitrogens with zero attached hydrogens (tertiary/aromatic N) is 2. The highest BCUT2D eigenvalue weighted by Gasteiger charge is 2.22. The summed E-state index contributed by atoms with van der Waals surface area (Å²) in [5.74, 6) is -0.833. The molecule has 0 atom stereocenters. The molecule has 0 spiro atoms. The third kappa shape index (κ3) is 5.99. The zero-order chi connectivity index (χ0) is 28.3. The highest BCUT2D eigenvalue weighted by molar-refractivity contribution is 7.86. The van der Waals surface area contributed by atoms with Gasteiger partial charge in [-0.25, -0.2) is 0 Å². The smallest absolute Gasteiger partial charge is 0.296 e. The third-order valence-corrected chi connectivity index (χ3v) is 7.45. The first kappa shape index (κ1) is 28.3. The number of carbonyl (C=O) groups is 1. The first-order chi connectivity index (χ1) is 18.5. The molecule has 0 aliphatic rings. The second-order valence-corrected chi connectivity index (χ2v) is 10.5. The fourth-order valence-corrected chi connectivity index (χ4v) is 5.19. The molecule has 1 amide bonds. The number of halogens is 2. The summed E-state index contributed by atoms with van der Waals surface area (Å²) in [6.07, 6.45) is 0.430. The van der Waals surface area contributed by atoms with E-state index in [-0.39, 0.29) is 27.7 Å². The first-order valence-corrected chi connectivity index (χ1v) is 13.9. The lowest BCUT2D eigenvalue weighted by atomic mass is 10.0. The third-order valence-electron chi connectivity index (χ3n) is 5.77. The second-order valence-electron chi connectivity index (χ2n) is 8.30. The molecule has 0 saturated heterocycles. The van der Waals surface area contributed by atoms with Gasteiger partial charge in [-0.2, -0.15) is 8.42 Å². The molecule has 0 aliphatic heterocycles. The zero-order valence-electron chi connectivity index (χ0n) is 20.8. The Balaban J connectivity index is 1.83. The molecule has 39 heavy (non-hydrogen) atoms. The molecule has 4 aromatic rings. The predicted molar refractivity (Wildman–Crippen MR) is 151 cm³/mol. The van der Waals surface area contributed by atoms with E-state index < -0.39 is 26.7 Å². The van der Waals surface area contributed by atoms with Crippen molar-refractivity contribution in [3.8, 4) is 11.5 Å². The molecule has 12 heteroatoms. The Bertz CT molecular complexity index is 1720. The van der Waals surface area contributed by atoms with Crippen LogP contribution in [0.3, 0.4) is 0 Å². The minimum atomic E-state index is -4.63. The van der Waals surface area contributed by atoms with Crippen molar-refractivity contribution in [1.82, 2.24) is 0 Å². The van der Waals surface area contributed by atoms with E-state index in [0.717, 1.165) is 0 Å². The van der Waals surface area contributed by atoms with Crippen molar-refractivity contribution in [3.63, 3.8) is 0 Å². The number of benzene rings is 4. The number of hydrogen-bond donors (Lipinski definition) is 3. The second kappa shape index (κ2) is 11.6. The predicted octanol–water partition coefficient (Wildman–Crippen LogP) is 7.73. The van der Waals surface area contributed by atoms with Gasteiger partial charge in [0, 0.05) is 5.39 Å². The van der Waals surface area contributed by atoms with E-state index in [1.54, 1.807) is 56.3 Å². The lowest BCUT2D eigenvalue weighted by Crippen LogP contribution is -2.13. The molecule has 4 rings (SSSR count). The molecular formula is C27H23Cl2N3O6S. The normalized spacial score (nSPS) is 11.7. The van der Waals surface area contributed by atoms with Gasteiger partial charge in [0.2, 0.25) is 0 Å². The standard InChI is InChI=1S/C27H23Cl2N3O6S/c1-3-15-12-21(23(29)22(13-15)39(35,36)37)31-32-24-17-9-6-5-8-16(17)14-18(25(24)33)27(34)30-20-11-7-10-19(28)26(20)38-4-2/h5-14,33H,3-4H2,1-2H3,(H,30,34)(H,35,36,37). The number of aromatic hydroxyl groups is 1. The van der Waals surface area contributed by atoms with Crippen LogP contribution in [0.15, 0.2) is 75.8 Å². The minimum Gasteiger partial charge on any atom is -0.505 e. The molecule has 0 aromatic heterocycles. The number of fused-ring (bicyclic) bond motifs is 1. The van der Waals surface area contributed by atoms with E-state index >= 15 is 0 Å². The Kier molecular flexibility index (Phi) is 8.41. The van der Waals surface area contributed by atoms with E-state index in [9.17, 15) is 22.9 Å². The summed E-state index contributed by atoms with van der Waals surface area (Å²) in [4.78, 5) is 12.8. The molecule has 0 fully saturated rings. The fourth-order valence-electron chi connectivity index (χ4n) is 3.89. The number of para-hydroxylation sites is 1. The van der Waals surface area contributed by atoms with Gasteiger partial charge in [-0.15, -0.1) is 10.2 Å². The van der Waals surface area contributed by atoms with Gasteiger partial charge < -0.3 is 15.2 Å². The number of phenolic OH excluding ortho intramolecular Hbond substituents is 1. The Morgan fingerprint density at radius 2 is 1.77 bits per heavy atom. The number of anilines is 1. The van der Waals surface area contributed by atoms with Gasteiger partial charge in [0.05, 0.1) is 27.9 Å². The van der Waals surface area contributed by atoms with E-state index in [1.807, 2.05) is 0 Å². The van der Waals surface area contributed by atoms with E-state index in [2.05, 4.69) is 15.5 Å². The number of aryl methyl sites for hydroxylation is 1. The van der Waals surface area contributed by atoms with Crippen molar-refractivity contribution < 1.29 is 27.6 Å². The Morgan fingerprint density at radius 1 is 1.03 bits per heavy atom. The fraction of sp³-hybridized carbons (Fsp3) is 0.148. The maximum Gasteiger partial charge on any atom is 0.296 e. The SMILES string of the molecule is CCOc1c(Cl)cccc1NC(=O)c1cc2ccccc2c(N=Nc2cc(CC)cc(S(=O)(=O)O)c2Cl)c1O. The summed E-state index contributed by atoms with van der Waals surface area (Å²) in [5, 5.41) is 23.2. The van der Waals surface area contributed by atoms with Gasteiger partial charge in [-0.3, -0.25) is 9.35 Å². The van der Waals surface area contributed by atoms with Gasteiger partial charge >= 0.3 is 0 Å². The van der Waals surface area contributed by atoms with Crippen LogP contribution in [0.4, 0.5) is 17.1 Å². The van der Waals surface area contributed by atoms with Crippen LogP contribution >= 0.6 is 23.2 Å². The summed E-state index contributed by atoms with van der Waals surface area (Å²) >= 11 is 12.5. The minimum absolute atomic E-state index is 0.0396. The van der Waals surface area contributed by atoms with Crippen molar-refractivity contribution in [3.05, 3.63) is 81.8 Å². The van der Waals surface area contributed by atoms with Gasteiger partial charge in [0.25, 0.3) is 16.0 Å². The van der Waals surface area contributed by atoms with Gasteiger partial charge in [0.15, 0.2) is 11.5 Å². The van der Waals surface area contributed by atoms with E-state index in [0.29, 0.717) is 40.1 Å². The van der Waals surface area contributed by atoms with Crippen LogP contribution in [0.2, 0.25) is 10.0 Å². The summed E-state index contributed by atoms with van der Waals surface area (Å²) < 4.78 is 38.8. The maximum absolute atomic E-state index is 13.3. The molecule has 0 unspecified atom stereocenters. The monoisotopic (exact) mass is 587 g/mol. The van der Waals surface area contributed by atoms with Gasteiger partial charge in [-0.1, -0.05) is 60.5 Å². The van der Waals surface area contributed by atoms with Crippen LogP contribution in [-0.4, -0.2) is 30.6 Å². The Morgan fingerprint density at radius 3 is 2.46 bits per heavy atom. The zero-order valence-corrected chi connectivity index (χ0v) is 23.1. The molecule has 202 valence electrons. The number of rotatable bonds is 8. The molecule has 3 N–H and O–H groups in total. The molecule has 0 aliphatic carbocycles. The van der Waals surface area contributed by atoms with Crippen molar-refractivity contribution in [1.29, 1.82) is 0 Å². The van der Waals surface area contributed by atoms with Crippen LogP contribution in [0, 0.1) is 0 Å². The number of azo groups is 1. The maximum atomic E-state index is 13.3. The highest BCUT2D eigenvalue weighted by atomic mass is 35.5. The van der Waals surface area contributed by atoms with Crippen LogP contribution in [0.5, 0.6) is 11.5 Å². The van der Waals surface area contributed by atoms with Crippen LogP contribution in [0.25, 0.3) is 10.8 Å². The molecule has 4 aromatic carbocycles. The van der Waals surface area contributed by atoms with Crippen molar-refractivity contribution in [2.75, 3.05) is 11.9 Å². The van der Waals surface area contributed by atoms with Crippen LogP contribution in [-0.2, 0) is 16.5 Å². The number of ether oxygens (including phenoxy) is 1. The van der Waals surface area contributed by atoms with E-state index in [4.69, 9.17) is 27.9 Å². The number of phenols is 1. The summed E-state index contributed by atoms with van der Waals surface area (Å²) in [7, 11) is -4.63. The lowest BCUT2D eigenvalue weighted by Gasteiger charge is -2.14. The van der Waals surface area contributed by atoms with Crippen molar-refractivity contribution in [2.24, 2.45) is 10.2 Å². The largest absolute Gasteiger partial charge is 0.505 e. The van der Waals surface area contributed by atoms with Gasteiger partial charge in [0.1, 0.15) is 16.3 Å². The Hall–Kier alpha value is -3.70. The molecular weight excluding hydrogens is 565 g/mol. The number of nitrogens with one attached hydrogen (secondary N) is 1. The summed E-state index contributed by atoms with van der Waals surface area (Å²) in [5.41, 5.74) is 0.668. The van der Waals surface area contributed by atoms with Gasteiger partial charge in [-0.05, 0) is 54.6 Å². The average molecular weight is 588 g/mol. The number of amides is 1. The van der Waals surface area contributed by atoms with Crippen molar-refractivity contribution >= 4 is 67.1 Å². The topological polar surface area (TPSA) is 138 Å². The molecule has 0 bridgehead atoms. The molecule has 9 nitrogen and oxygen atoms in total. The molecule has 0 radical (unpaired) electrons.